The van der Waals surface area contributed by atoms with Crippen molar-refractivity contribution in [2.75, 3.05) is 13.2 Å². The molecule has 1 atom stereocenters. The van der Waals surface area contributed by atoms with Crippen LogP contribution in [0.5, 0.6) is 5.75 Å². The summed E-state index contributed by atoms with van der Waals surface area (Å²) in [6.07, 6.45) is 1.02. The lowest BCUT2D eigenvalue weighted by molar-refractivity contribution is -0.121. The number of carbonyl (C=O) groups is 1. The lowest BCUT2D eigenvalue weighted by atomic mass is 10.0. The predicted molar refractivity (Wildman–Crippen MR) is 76.8 cm³/mol. The molecule has 0 aliphatic heterocycles. The number of amides is 1. The smallest absolute Gasteiger partial charge is 0.224 e. The summed E-state index contributed by atoms with van der Waals surface area (Å²) in [5.74, 6) is -0.265. The summed E-state index contributed by atoms with van der Waals surface area (Å²) in [7, 11) is 0. The quantitative estimate of drug-likeness (QED) is 0.610. The van der Waals surface area contributed by atoms with Gasteiger partial charge in [0.1, 0.15) is 5.75 Å². The van der Waals surface area contributed by atoms with Crippen LogP contribution in [0.1, 0.15) is 25.3 Å². The van der Waals surface area contributed by atoms with Crippen LogP contribution in [-0.2, 0) is 11.2 Å². The molecular weight excluding hydrogens is 282 g/mol. The molecule has 4 N–H and O–H groups in total. The Balaban J connectivity index is 2.45. The maximum absolute atomic E-state index is 11.8. The van der Waals surface area contributed by atoms with E-state index in [-0.39, 0.29) is 36.3 Å². The van der Waals surface area contributed by atoms with Crippen molar-refractivity contribution in [1.82, 2.24) is 5.32 Å². The first-order valence-corrected chi connectivity index (χ1v) is 6.79. The third-order valence-corrected chi connectivity index (χ3v) is 3.22. The highest BCUT2D eigenvalue weighted by atomic mass is 35.5. The molecule has 0 aliphatic rings. The average Bonchev–Trinajstić information content (AvgIpc) is 2.39. The Kier molecular flexibility index (Phi) is 6.26. The molecule has 5 nitrogen and oxygen atoms in total. The van der Waals surface area contributed by atoms with Crippen LogP contribution in [0.25, 0.3) is 0 Å². The van der Waals surface area contributed by atoms with Gasteiger partial charge in [0, 0.05) is 13.2 Å². The van der Waals surface area contributed by atoms with E-state index in [9.17, 15) is 15.0 Å². The third kappa shape index (κ3) is 5.77. The van der Waals surface area contributed by atoms with E-state index < -0.39 is 5.60 Å². The number of rotatable bonds is 7. The minimum atomic E-state index is -1.04. The average molecular weight is 302 g/mol. The van der Waals surface area contributed by atoms with Gasteiger partial charge in [0.25, 0.3) is 0 Å². The van der Waals surface area contributed by atoms with Gasteiger partial charge >= 0.3 is 0 Å². The van der Waals surface area contributed by atoms with E-state index in [0.29, 0.717) is 18.4 Å². The highest BCUT2D eigenvalue weighted by molar-refractivity contribution is 6.32. The number of aliphatic hydroxyl groups is 2. The van der Waals surface area contributed by atoms with E-state index in [0.717, 1.165) is 0 Å². The molecule has 0 saturated heterocycles. The number of halogens is 1. The highest BCUT2D eigenvalue weighted by Gasteiger charge is 2.20. The topological polar surface area (TPSA) is 89.8 Å². The molecule has 1 aromatic carbocycles. The van der Waals surface area contributed by atoms with Crippen LogP contribution < -0.4 is 5.32 Å². The standard InChI is InChI=1S/C14H20ClNO4/c1-14(20,5-2-6-17)9-16-13(19)8-10-3-4-12(18)11(15)7-10/h3-4,7,17-18,20H,2,5-6,8-9H2,1H3,(H,16,19). The number of phenolic OH excluding ortho intramolecular Hbond substituents is 1. The molecule has 112 valence electrons. The fourth-order valence-corrected chi connectivity index (χ4v) is 1.95. The van der Waals surface area contributed by atoms with Gasteiger partial charge < -0.3 is 20.6 Å². The van der Waals surface area contributed by atoms with Gasteiger partial charge in [-0.2, -0.15) is 0 Å². The van der Waals surface area contributed by atoms with E-state index in [4.69, 9.17) is 16.7 Å². The molecule has 1 aromatic rings. The molecule has 0 aliphatic carbocycles. The molecule has 1 rings (SSSR count). The van der Waals surface area contributed by atoms with Crippen LogP contribution in [0.2, 0.25) is 5.02 Å². The van der Waals surface area contributed by atoms with Gasteiger partial charge in [0.15, 0.2) is 0 Å². The number of benzene rings is 1. The largest absolute Gasteiger partial charge is 0.506 e. The zero-order valence-corrected chi connectivity index (χ0v) is 12.2. The van der Waals surface area contributed by atoms with E-state index >= 15 is 0 Å². The van der Waals surface area contributed by atoms with Gasteiger partial charge in [-0.1, -0.05) is 17.7 Å². The van der Waals surface area contributed by atoms with Crippen LogP contribution in [0.15, 0.2) is 18.2 Å². The summed E-state index contributed by atoms with van der Waals surface area (Å²) in [4.78, 5) is 11.8. The fraction of sp³-hybridized carbons (Fsp3) is 0.500. The van der Waals surface area contributed by atoms with Gasteiger partial charge in [0.05, 0.1) is 17.0 Å². The number of phenols is 1. The van der Waals surface area contributed by atoms with Crippen LogP contribution in [-0.4, -0.2) is 40.0 Å². The van der Waals surface area contributed by atoms with Crippen LogP contribution in [0.3, 0.4) is 0 Å². The van der Waals surface area contributed by atoms with Crippen molar-refractivity contribution in [3.05, 3.63) is 28.8 Å². The number of nitrogens with one attached hydrogen (secondary N) is 1. The first-order valence-electron chi connectivity index (χ1n) is 6.41. The zero-order chi connectivity index (χ0) is 15.2. The number of carbonyl (C=O) groups excluding carboxylic acids is 1. The zero-order valence-electron chi connectivity index (χ0n) is 11.4. The second-order valence-electron chi connectivity index (χ2n) is 5.06. The summed E-state index contributed by atoms with van der Waals surface area (Å²) in [5.41, 5.74) is -0.356. The van der Waals surface area contributed by atoms with Crippen molar-refractivity contribution in [2.45, 2.75) is 31.8 Å². The Bertz CT molecular complexity index is 462. The maximum atomic E-state index is 11.8. The first kappa shape index (κ1) is 16.8. The number of hydrogen-bond acceptors (Lipinski definition) is 4. The van der Waals surface area contributed by atoms with Crippen molar-refractivity contribution >= 4 is 17.5 Å². The van der Waals surface area contributed by atoms with E-state index in [1.165, 1.54) is 12.1 Å². The van der Waals surface area contributed by atoms with Gasteiger partial charge in [0.2, 0.25) is 5.91 Å². The fourth-order valence-electron chi connectivity index (χ4n) is 1.75. The number of aliphatic hydroxyl groups excluding tert-OH is 1. The Morgan fingerprint density at radius 2 is 2.15 bits per heavy atom. The summed E-state index contributed by atoms with van der Waals surface area (Å²) < 4.78 is 0. The summed E-state index contributed by atoms with van der Waals surface area (Å²) in [6.45, 7) is 1.74. The Labute approximate surface area is 123 Å². The monoisotopic (exact) mass is 301 g/mol. The maximum Gasteiger partial charge on any atom is 0.224 e. The summed E-state index contributed by atoms with van der Waals surface area (Å²) in [5, 5.41) is 30.8. The normalized spacial score (nSPS) is 13.8. The highest BCUT2D eigenvalue weighted by Crippen LogP contribution is 2.23. The van der Waals surface area contributed by atoms with Gasteiger partial charge in [-0.15, -0.1) is 0 Å². The molecule has 0 fully saturated rings. The molecule has 0 aromatic heterocycles. The Hall–Kier alpha value is -1.30. The van der Waals surface area contributed by atoms with Crippen molar-refractivity contribution in [3.63, 3.8) is 0 Å². The Morgan fingerprint density at radius 3 is 2.75 bits per heavy atom. The van der Waals surface area contributed by atoms with Crippen molar-refractivity contribution in [1.29, 1.82) is 0 Å². The third-order valence-electron chi connectivity index (χ3n) is 2.92. The summed E-state index contributed by atoms with van der Waals surface area (Å²) in [6, 6.07) is 4.58. The molecular formula is C14H20ClNO4. The van der Waals surface area contributed by atoms with Crippen LogP contribution in [0.4, 0.5) is 0 Å². The summed E-state index contributed by atoms with van der Waals surface area (Å²) >= 11 is 5.76. The lowest BCUT2D eigenvalue weighted by Crippen LogP contribution is -2.41. The molecule has 0 radical (unpaired) electrons. The van der Waals surface area contributed by atoms with Crippen molar-refractivity contribution in [2.24, 2.45) is 0 Å². The van der Waals surface area contributed by atoms with E-state index in [1.807, 2.05) is 0 Å². The molecule has 20 heavy (non-hydrogen) atoms. The molecule has 6 heteroatoms. The Morgan fingerprint density at radius 1 is 1.45 bits per heavy atom. The molecule has 1 amide bonds. The van der Waals surface area contributed by atoms with Gasteiger partial charge in [-0.25, -0.2) is 0 Å². The molecule has 1 unspecified atom stereocenters. The number of hydrogen-bond donors (Lipinski definition) is 4. The van der Waals surface area contributed by atoms with E-state index in [2.05, 4.69) is 5.32 Å². The predicted octanol–water partition coefficient (Wildman–Crippen LogP) is 1.23. The van der Waals surface area contributed by atoms with Gasteiger partial charge in [-0.05, 0) is 37.5 Å². The van der Waals surface area contributed by atoms with Crippen LogP contribution in [0, 0.1) is 0 Å². The minimum Gasteiger partial charge on any atom is -0.506 e. The van der Waals surface area contributed by atoms with Crippen molar-refractivity contribution in [3.8, 4) is 5.75 Å². The second kappa shape index (κ2) is 7.47. The molecule has 0 spiro atoms. The lowest BCUT2D eigenvalue weighted by Gasteiger charge is -2.23. The van der Waals surface area contributed by atoms with Crippen LogP contribution >= 0.6 is 11.6 Å². The van der Waals surface area contributed by atoms with Gasteiger partial charge in [-0.3, -0.25) is 4.79 Å². The molecule has 0 saturated carbocycles. The minimum absolute atomic E-state index is 0.0100. The van der Waals surface area contributed by atoms with Crippen molar-refractivity contribution < 1.29 is 20.1 Å². The number of aromatic hydroxyl groups is 1. The van der Waals surface area contributed by atoms with E-state index in [1.54, 1.807) is 13.0 Å². The first-order chi connectivity index (χ1) is 9.34. The molecule has 0 bridgehead atoms. The SMILES string of the molecule is CC(O)(CCCO)CNC(=O)Cc1ccc(O)c(Cl)c1. The second-order valence-corrected chi connectivity index (χ2v) is 5.47. The molecule has 0 heterocycles.